The van der Waals surface area contributed by atoms with Crippen LogP contribution < -0.4 is 5.32 Å². The summed E-state index contributed by atoms with van der Waals surface area (Å²) in [5.41, 5.74) is 2.10. The molecule has 0 aliphatic heterocycles. The van der Waals surface area contributed by atoms with E-state index < -0.39 is 0 Å². The van der Waals surface area contributed by atoms with Crippen molar-refractivity contribution in [1.29, 1.82) is 0 Å². The van der Waals surface area contributed by atoms with E-state index in [0.717, 1.165) is 29.5 Å². The van der Waals surface area contributed by atoms with Gasteiger partial charge in [0.25, 0.3) is 0 Å². The van der Waals surface area contributed by atoms with Crippen molar-refractivity contribution in [2.45, 2.75) is 33.4 Å². The van der Waals surface area contributed by atoms with Gasteiger partial charge in [-0.05, 0) is 19.1 Å². The van der Waals surface area contributed by atoms with Crippen molar-refractivity contribution in [3.63, 3.8) is 0 Å². The Balaban J connectivity index is 2.15. The maximum absolute atomic E-state index is 4.74. The molecule has 3 rings (SSSR count). The maximum atomic E-state index is 4.74. The number of rotatable bonds is 4. The smallest absolute Gasteiger partial charge is 0.161 e. The van der Waals surface area contributed by atoms with Crippen molar-refractivity contribution in [3.05, 3.63) is 48.3 Å². The zero-order chi connectivity index (χ0) is 14.1. The molecule has 3 aromatic rings. The van der Waals surface area contributed by atoms with Crippen molar-refractivity contribution >= 4 is 5.65 Å². The largest absolute Gasteiger partial charge is 0.309 e. The number of aryl methyl sites for hydroxylation is 1. The van der Waals surface area contributed by atoms with Gasteiger partial charge in [0.1, 0.15) is 11.5 Å². The molecule has 20 heavy (non-hydrogen) atoms. The molecule has 1 N–H and O–H groups in total. The highest BCUT2D eigenvalue weighted by molar-refractivity contribution is 5.49. The Morgan fingerprint density at radius 3 is 2.80 bits per heavy atom. The molecule has 0 aromatic carbocycles. The van der Waals surface area contributed by atoms with Gasteiger partial charge in [-0.3, -0.25) is 4.57 Å². The molecule has 3 heterocycles. The van der Waals surface area contributed by atoms with Gasteiger partial charge in [-0.2, -0.15) is 0 Å². The molecule has 104 valence electrons. The lowest BCUT2D eigenvalue weighted by Gasteiger charge is -2.10. The third kappa shape index (κ3) is 2.20. The minimum atomic E-state index is 0.431. The summed E-state index contributed by atoms with van der Waals surface area (Å²) in [6.07, 6.45) is 5.81. The summed E-state index contributed by atoms with van der Waals surface area (Å²) in [4.78, 5) is 9.03. The first kappa shape index (κ1) is 12.9. The molecule has 0 spiro atoms. The quantitative estimate of drug-likeness (QED) is 0.790. The van der Waals surface area contributed by atoms with Crippen LogP contribution in [0.4, 0.5) is 0 Å². The summed E-state index contributed by atoms with van der Waals surface area (Å²) in [6.45, 7) is 7.05. The topological polar surface area (TPSA) is 47.2 Å². The summed E-state index contributed by atoms with van der Waals surface area (Å²) >= 11 is 0. The zero-order valence-electron chi connectivity index (χ0n) is 12.0. The highest BCUT2D eigenvalue weighted by atomic mass is 15.2. The Hall–Kier alpha value is -2.14. The van der Waals surface area contributed by atoms with E-state index in [1.165, 1.54) is 0 Å². The van der Waals surface area contributed by atoms with E-state index in [0.29, 0.717) is 6.04 Å². The van der Waals surface area contributed by atoms with E-state index in [1.54, 1.807) is 6.20 Å². The molecule has 0 amide bonds. The van der Waals surface area contributed by atoms with Crippen LogP contribution in [0, 0.1) is 6.92 Å². The molecule has 0 bridgehead atoms. The third-order valence-electron chi connectivity index (χ3n) is 3.34. The molecule has 5 nitrogen and oxygen atoms in total. The van der Waals surface area contributed by atoms with Gasteiger partial charge in [0.15, 0.2) is 5.82 Å². The molecule has 0 atom stereocenters. The predicted molar refractivity (Wildman–Crippen MR) is 79.0 cm³/mol. The summed E-state index contributed by atoms with van der Waals surface area (Å²) in [5, 5.41) is 3.47. The fourth-order valence-electron chi connectivity index (χ4n) is 2.29. The Kier molecular flexibility index (Phi) is 3.28. The highest BCUT2D eigenvalue weighted by Gasteiger charge is 2.14. The standard InChI is InChI=1S/C15H19N5/c1-11(2)17-10-13-15(19-9-7-16-12(19)3)18-14-6-4-5-8-20(13)14/h4-9,11,17H,10H2,1-3H3. The average Bonchev–Trinajstić information content (AvgIpc) is 2.99. The molecule has 0 saturated heterocycles. The van der Waals surface area contributed by atoms with E-state index in [9.17, 15) is 0 Å². The average molecular weight is 269 g/mol. The fourth-order valence-corrected chi connectivity index (χ4v) is 2.29. The molecule has 0 saturated carbocycles. The SMILES string of the molecule is Cc1nccn1-c1nc2ccccn2c1CNC(C)C. The van der Waals surface area contributed by atoms with Gasteiger partial charge in [0, 0.05) is 31.2 Å². The number of imidazole rings is 2. The van der Waals surface area contributed by atoms with Crippen LogP contribution in [0.3, 0.4) is 0 Å². The monoisotopic (exact) mass is 269 g/mol. The number of nitrogens with zero attached hydrogens (tertiary/aromatic N) is 4. The Labute approximate surface area is 118 Å². The van der Waals surface area contributed by atoms with Gasteiger partial charge in [-0.25, -0.2) is 9.97 Å². The predicted octanol–water partition coefficient (Wildman–Crippen LogP) is 2.33. The van der Waals surface area contributed by atoms with E-state index in [4.69, 9.17) is 4.98 Å². The highest BCUT2D eigenvalue weighted by Crippen LogP contribution is 2.18. The van der Waals surface area contributed by atoms with Gasteiger partial charge in [0.2, 0.25) is 0 Å². The lowest BCUT2D eigenvalue weighted by Crippen LogP contribution is -2.23. The summed E-state index contributed by atoms with van der Waals surface area (Å²) in [5.74, 6) is 1.89. The lowest BCUT2D eigenvalue weighted by molar-refractivity contribution is 0.577. The van der Waals surface area contributed by atoms with Crippen LogP contribution in [-0.4, -0.2) is 25.0 Å². The number of fused-ring (bicyclic) bond motifs is 1. The van der Waals surface area contributed by atoms with Gasteiger partial charge in [0.05, 0.1) is 5.69 Å². The van der Waals surface area contributed by atoms with Crippen molar-refractivity contribution in [2.24, 2.45) is 0 Å². The Morgan fingerprint density at radius 2 is 2.10 bits per heavy atom. The molecule has 0 radical (unpaired) electrons. The maximum Gasteiger partial charge on any atom is 0.161 e. The second-order valence-corrected chi connectivity index (χ2v) is 5.19. The van der Waals surface area contributed by atoms with Crippen LogP contribution in [0.2, 0.25) is 0 Å². The minimum absolute atomic E-state index is 0.431. The van der Waals surface area contributed by atoms with E-state index in [-0.39, 0.29) is 0 Å². The normalized spacial score (nSPS) is 11.6. The van der Waals surface area contributed by atoms with Crippen LogP contribution in [0.15, 0.2) is 36.8 Å². The lowest BCUT2D eigenvalue weighted by atomic mass is 10.3. The van der Waals surface area contributed by atoms with Crippen molar-refractivity contribution < 1.29 is 0 Å². The molecule has 5 heteroatoms. The number of hydrogen-bond acceptors (Lipinski definition) is 3. The Bertz CT molecular complexity index is 723. The van der Waals surface area contributed by atoms with Crippen LogP contribution in [0.25, 0.3) is 11.5 Å². The van der Waals surface area contributed by atoms with Gasteiger partial charge < -0.3 is 9.72 Å². The first-order chi connectivity index (χ1) is 9.66. The van der Waals surface area contributed by atoms with Gasteiger partial charge in [-0.1, -0.05) is 19.9 Å². The van der Waals surface area contributed by atoms with Crippen LogP contribution in [0.5, 0.6) is 0 Å². The minimum Gasteiger partial charge on any atom is -0.309 e. The molecule has 0 unspecified atom stereocenters. The van der Waals surface area contributed by atoms with E-state index >= 15 is 0 Å². The van der Waals surface area contributed by atoms with E-state index in [1.807, 2.05) is 35.9 Å². The fraction of sp³-hybridized carbons (Fsp3) is 0.333. The molecule has 3 aromatic heterocycles. The van der Waals surface area contributed by atoms with Crippen molar-refractivity contribution in [2.75, 3.05) is 0 Å². The second kappa shape index (κ2) is 5.09. The van der Waals surface area contributed by atoms with Crippen molar-refractivity contribution in [3.8, 4) is 5.82 Å². The Morgan fingerprint density at radius 1 is 1.25 bits per heavy atom. The van der Waals surface area contributed by atoms with Crippen LogP contribution >= 0.6 is 0 Å². The first-order valence-electron chi connectivity index (χ1n) is 6.86. The summed E-state index contributed by atoms with van der Waals surface area (Å²) in [7, 11) is 0. The first-order valence-corrected chi connectivity index (χ1v) is 6.86. The van der Waals surface area contributed by atoms with Crippen molar-refractivity contribution in [1.82, 2.24) is 24.3 Å². The number of aromatic nitrogens is 4. The second-order valence-electron chi connectivity index (χ2n) is 5.19. The molecular formula is C15H19N5. The molecule has 0 aliphatic carbocycles. The summed E-state index contributed by atoms with van der Waals surface area (Å²) < 4.78 is 4.16. The van der Waals surface area contributed by atoms with Crippen LogP contribution in [-0.2, 0) is 6.54 Å². The molecular weight excluding hydrogens is 250 g/mol. The van der Waals surface area contributed by atoms with Crippen LogP contribution in [0.1, 0.15) is 25.4 Å². The summed E-state index contributed by atoms with van der Waals surface area (Å²) in [6, 6.07) is 6.49. The third-order valence-corrected chi connectivity index (χ3v) is 3.34. The number of hydrogen-bond donors (Lipinski definition) is 1. The van der Waals surface area contributed by atoms with Gasteiger partial charge >= 0.3 is 0 Å². The number of pyridine rings is 1. The molecule has 0 aliphatic rings. The van der Waals surface area contributed by atoms with Gasteiger partial charge in [-0.15, -0.1) is 0 Å². The zero-order valence-corrected chi connectivity index (χ0v) is 12.0. The number of nitrogens with one attached hydrogen (secondary N) is 1. The van der Waals surface area contributed by atoms with E-state index in [2.05, 4.69) is 34.7 Å². The molecule has 0 fully saturated rings.